The van der Waals surface area contributed by atoms with Crippen molar-refractivity contribution < 1.29 is 4.74 Å². The number of piperidine rings is 1. The molecule has 11 heavy (non-hydrogen) atoms. The number of hydrogen-bond acceptors (Lipinski definition) is 3. The number of rotatable bonds is 1. The molecule has 3 nitrogen and oxygen atoms in total. The van der Waals surface area contributed by atoms with E-state index in [9.17, 15) is 0 Å². The van der Waals surface area contributed by atoms with Crippen molar-refractivity contribution in [2.45, 2.75) is 18.9 Å². The van der Waals surface area contributed by atoms with Gasteiger partial charge in [-0.3, -0.25) is 4.90 Å². The average Bonchev–Trinajstić information content (AvgIpc) is 1.90. The molecule has 2 aliphatic rings. The van der Waals surface area contributed by atoms with E-state index in [-0.39, 0.29) is 0 Å². The van der Waals surface area contributed by atoms with Crippen LogP contribution in [0.2, 0.25) is 0 Å². The Bertz CT molecular complexity index is 128. The minimum Gasteiger partial charge on any atom is -0.351 e. The predicted molar refractivity (Wildman–Crippen MR) is 43.2 cm³/mol. The van der Waals surface area contributed by atoms with E-state index >= 15 is 0 Å². The second kappa shape index (κ2) is 3.09. The van der Waals surface area contributed by atoms with Gasteiger partial charge < -0.3 is 9.64 Å². The molecule has 3 heteroatoms. The first-order chi connectivity index (χ1) is 5.36. The lowest BCUT2D eigenvalue weighted by Gasteiger charge is -2.41. The monoisotopic (exact) mass is 156 g/mol. The van der Waals surface area contributed by atoms with E-state index in [2.05, 4.69) is 16.8 Å². The van der Waals surface area contributed by atoms with E-state index in [4.69, 9.17) is 4.74 Å². The van der Waals surface area contributed by atoms with E-state index < -0.39 is 0 Å². The average molecular weight is 156 g/mol. The fourth-order valence-electron chi connectivity index (χ4n) is 1.77. The maximum Gasteiger partial charge on any atom is 0.103 e. The van der Waals surface area contributed by atoms with Crippen molar-refractivity contribution in [3.8, 4) is 0 Å². The van der Waals surface area contributed by atoms with Gasteiger partial charge in [0.1, 0.15) is 13.5 Å². The van der Waals surface area contributed by atoms with Gasteiger partial charge in [-0.15, -0.1) is 0 Å². The summed E-state index contributed by atoms with van der Waals surface area (Å²) in [6.45, 7) is 4.24. The van der Waals surface area contributed by atoms with E-state index in [1.54, 1.807) is 0 Å². The second-order valence-electron chi connectivity index (χ2n) is 3.59. The Balaban J connectivity index is 1.77. The van der Waals surface area contributed by atoms with Gasteiger partial charge in [0.2, 0.25) is 0 Å². The van der Waals surface area contributed by atoms with Gasteiger partial charge in [0.15, 0.2) is 0 Å². The van der Waals surface area contributed by atoms with Crippen LogP contribution in [0.5, 0.6) is 0 Å². The standard InChI is InChI=1S/C8H16N2O/c1-9-4-2-8(3-5-9)10-6-11-7-10/h8H,2-7H2,1H3. The molecule has 2 rings (SSSR count). The lowest BCUT2D eigenvalue weighted by Crippen LogP contribution is -2.51. The largest absolute Gasteiger partial charge is 0.351 e. The smallest absolute Gasteiger partial charge is 0.103 e. The molecule has 0 saturated carbocycles. The Morgan fingerprint density at radius 1 is 1.18 bits per heavy atom. The fraction of sp³-hybridized carbons (Fsp3) is 1.00. The lowest BCUT2D eigenvalue weighted by molar-refractivity contribution is -0.171. The molecule has 0 aromatic rings. The minimum absolute atomic E-state index is 0.806. The van der Waals surface area contributed by atoms with Gasteiger partial charge in [0.25, 0.3) is 0 Å². The highest BCUT2D eigenvalue weighted by atomic mass is 16.5. The van der Waals surface area contributed by atoms with Gasteiger partial charge in [0, 0.05) is 6.04 Å². The van der Waals surface area contributed by atoms with Crippen LogP contribution in [-0.2, 0) is 4.74 Å². The summed E-state index contributed by atoms with van der Waals surface area (Å²) >= 11 is 0. The normalized spacial score (nSPS) is 30.3. The lowest BCUT2D eigenvalue weighted by atomic mass is 10.0. The van der Waals surface area contributed by atoms with Crippen molar-refractivity contribution in [2.24, 2.45) is 0 Å². The molecular formula is C8H16N2O. The molecular weight excluding hydrogens is 140 g/mol. The topological polar surface area (TPSA) is 15.7 Å². The number of ether oxygens (including phenoxy) is 1. The molecule has 0 aliphatic carbocycles. The summed E-state index contributed by atoms with van der Waals surface area (Å²) in [7, 11) is 2.20. The Morgan fingerprint density at radius 2 is 1.82 bits per heavy atom. The zero-order valence-corrected chi connectivity index (χ0v) is 7.12. The highest BCUT2D eigenvalue weighted by Gasteiger charge is 2.27. The zero-order chi connectivity index (χ0) is 7.68. The van der Waals surface area contributed by atoms with Crippen LogP contribution in [0.1, 0.15) is 12.8 Å². The molecule has 0 aromatic carbocycles. The van der Waals surface area contributed by atoms with Gasteiger partial charge in [-0.1, -0.05) is 0 Å². The third-order valence-electron chi connectivity index (χ3n) is 2.72. The van der Waals surface area contributed by atoms with Crippen LogP contribution in [0.4, 0.5) is 0 Å². The van der Waals surface area contributed by atoms with E-state index in [1.165, 1.54) is 25.9 Å². The molecule has 2 fully saturated rings. The van der Waals surface area contributed by atoms with Gasteiger partial charge in [-0.25, -0.2) is 0 Å². The van der Waals surface area contributed by atoms with Crippen LogP contribution in [0.25, 0.3) is 0 Å². The first-order valence-corrected chi connectivity index (χ1v) is 4.36. The van der Waals surface area contributed by atoms with Crippen LogP contribution in [0.15, 0.2) is 0 Å². The summed E-state index contributed by atoms with van der Waals surface area (Å²) in [5.74, 6) is 0. The third-order valence-corrected chi connectivity index (χ3v) is 2.72. The van der Waals surface area contributed by atoms with Crippen molar-refractivity contribution >= 4 is 0 Å². The molecule has 2 aliphatic heterocycles. The van der Waals surface area contributed by atoms with Crippen LogP contribution in [0, 0.1) is 0 Å². The summed E-state index contributed by atoms with van der Waals surface area (Å²) in [5, 5.41) is 0. The van der Waals surface area contributed by atoms with Crippen molar-refractivity contribution in [3.05, 3.63) is 0 Å². The van der Waals surface area contributed by atoms with Gasteiger partial charge in [0.05, 0.1) is 0 Å². The molecule has 2 saturated heterocycles. The van der Waals surface area contributed by atoms with Gasteiger partial charge in [-0.05, 0) is 33.0 Å². The molecule has 0 amide bonds. The molecule has 64 valence electrons. The zero-order valence-electron chi connectivity index (χ0n) is 7.12. The van der Waals surface area contributed by atoms with Crippen molar-refractivity contribution in [1.82, 2.24) is 9.80 Å². The SMILES string of the molecule is CN1CCC(N2COC2)CC1. The van der Waals surface area contributed by atoms with Gasteiger partial charge >= 0.3 is 0 Å². The molecule has 0 aromatic heterocycles. The van der Waals surface area contributed by atoms with Crippen LogP contribution < -0.4 is 0 Å². The van der Waals surface area contributed by atoms with E-state index in [1.807, 2.05) is 0 Å². The Morgan fingerprint density at radius 3 is 2.27 bits per heavy atom. The predicted octanol–water partition coefficient (Wildman–Crippen LogP) is 0.328. The highest BCUT2D eigenvalue weighted by molar-refractivity contribution is 4.77. The third kappa shape index (κ3) is 1.55. The van der Waals surface area contributed by atoms with Crippen LogP contribution in [0.3, 0.4) is 0 Å². The Labute approximate surface area is 67.9 Å². The number of likely N-dealkylation sites (tertiary alicyclic amines) is 1. The summed E-state index contributed by atoms with van der Waals surface area (Å²) < 4.78 is 5.13. The van der Waals surface area contributed by atoms with Crippen LogP contribution >= 0.6 is 0 Å². The summed E-state index contributed by atoms with van der Waals surface area (Å²) in [5.41, 5.74) is 0. The van der Waals surface area contributed by atoms with Crippen LogP contribution in [-0.4, -0.2) is 49.4 Å². The van der Waals surface area contributed by atoms with E-state index in [0.717, 1.165) is 19.5 Å². The van der Waals surface area contributed by atoms with Gasteiger partial charge in [-0.2, -0.15) is 0 Å². The maximum atomic E-state index is 5.13. The molecule has 0 spiro atoms. The van der Waals surface area contributed by atoms with Crippen molar-refractivity contribution in [1.29, 1.82) is 0 Å². The highest BCUT2D eigenvalue weighted by Crippen LogP contribution is 2.18. The van der Waals surface area contributed by atoms with Crippen molar-refractivity contribution in [3.63, 3.8) is 0 Å². The maximum absolute atomic E-state index is 5.13. The summed E-state index contributed by atoms with van der Waals surface area (Å²) in [4.78, 5) is 4.82. The molecule has 0 radical (unpaired) electrons. The van der Waals surface area contributed by atoms with E-state index in [0.29, 0.717) is 0 Å². The first kappa shape index (κ1) is 7.53. The quantitative estimate of drug-likeness (QED) is 0.544. The molecule has 0 atom stereocenters. The second-order valence-corrected chi connectivity index (χ2v) is 3.59. The summed E-state index contributed by atoms with van der Waals surface area (Å²) in [6, 6.07) is 0.806. The van der Waals surface area contributed by atoms with Crippen molar-refractivity contribution in [2.75, 3.05) is 33.6 Å². The fourth-order valence-corrected chi connectivity index (χ4v) is 1.77. The Hall–Kier alpha value is -0.120. The Kier molecular flexibility index (Phi) is 2.11. The molecule has 0 bridgehead atoms. The molecule has 2 heterocycles. The molecule has 0 unspecified atom stereocenters. The first-order valence-electron chi connectivity index (χ1n) is 4.36. The number of nitrogens with zero attached hydrogens (tertiary/aromatic N) is 2. The summed E-state index contributed by atoms with van der Waals surface area (Å²) in [6.07, 6.45) is 2.64. The molecule has 0 N–H and O–H groups in total. The number of hydrogen-bond donors (Lipinski definition) is 0. The minimum atomic E-state index is 0.806.